The van der Waals surface area contributed by atoms with Crippen molar-refractivity contribution >= 4 is 33.4 Å². The Labute approximate surface area is 177 Å². The van der Waals surface area contributed by atoms with Crippen LogP contribution in [-0.2, 0) is 13.0 Å². The number of carbonyl (C=O) groups is 1. The van der Waals surface area contributed by atoms with Gasteiger partial charge in [0, 0.05) is 30.0 Å². The van der Waals surface area contributed by atoms with Crippen molar-refractivity contribution in [3.63, 3.8) is 0 Å². The molecule has 3 heterocycles. The number of hydrogen-bond acceptors (Lipinski definition) is 5. The normalized spacial score (nSPS) is 13.6. The van der Waals surface area contributed by atoms with Gasteiger partial charge in [-0.1, -0.05) is 18.2 Å². The molecule has 0 spiro atoms. The first-order chi connectivity index (χ1) is 15.0. The highest BCUT2D eigenvalue weighted by atomic mass is 16.3. The fourth-order valence-electron chi connectivity index (χ4n) is 4.22. The first-order valence-corrected chi connectivity index (χ1v) is 10.3. The number of amides is 1. The third-order valence-electron chi connectivity index (χ3n) is 5.68. The highest BCUT2D eigenvalue weighted by Gasteiger charge is 2.19. The van der Waals surface area contributed by atoms with E-state index in [2.05, 4.69) is 15.2 Å². The molecule has 2 aromatic heterocycles. The molecular formula is C23H21N5O3. The van der Waals surface area contributed by atoms with Crippen LogP contribution in [0.5, 0.6) is 5.88 Å². The number of azo groups is 1. The van der Waals surface area contributed by atoms with Gasteiger partial charge in [-0.3, -0.25) is 14.2 Å². The first-order valence-electron chi connectivity index (χ1n) is 10.3. The molecular weight excluding hydrogens is 394 g/mol. The van der Waals surface area contributed by atoms with E-state index in [1.54, 1.807) is 27.3 Å². The first kappa shape index (κ1) is 19.2. The van der Waals surface area contributed by atoms with Crippen LogP contribution in [0.25, 0.3) is 21.8 Å². The maximum absolute atomic E-state index is 12.7. The van der Waals surface area contributed by atoms with Gasteiger partial charge in [0.25, 0.3) is 11.5 Å². The largest absolute Gasteiger partial charge is 0.493 e. The van der Waals surface area contributed by atoms with Crippen molar-refractivity contribution in [2.45, 2.75) is 39.3 Å². The van der Waals surface area contributed by atoms with Crippen molar-refractivity contribution in [3.8, 4) is 5.88 Å². The quantitative estimate of drug-likeness (QED) is 0.497. The minimum absolute atomic E-state index is 0.0111. The van der Waals surface area contributed by atoms with Crippen molar-refractivity contribution < 1.29 is 9.90 Å². The predicted molar refractivity (Wildman–Crippen MR) is 117 cm³/mol. The summed E-state index contributed by atoms with van der Waals surface area (Å²) in [7, 11) is 0. The summed E-state index contributed by atoms with van der Waals surface area (Å²) in [4.78, 5) is 29.9. The minimum atomic E-state index is -0.565. The van der Waals surface area contributed by atoms with E-state index in [1.807, 2.05) is 38.1 Å². The van der Waals surface area contributed by atoms with Crippen LogP contribution in [0.15, 0.2) is 57.5 Å². The summed E-state index contributed by atoms with van der Waals surface area (Å²) in [6.07, 6.45) is 1.65. The second kappa shape index (κ2) is 7.16. The van der Waals surface area contributed by atoms with Gasteiger partial charge in [-0.15, -0.1) is 10.2 Å². The molecule has 1 aliphatic rings. The van der Waals surface area contributed by atoms with Gasteiger partial charge >= 0.3 is 0 Å². The topological polar surface area (TPSA) is 102 Å². The monoisotopic (exact) mass is 415 g/mol. The fraction of sp³-hybridized carbons (Fsp3) is 0.261. The number of fused-ring (bicyclic) bond motifs is 3. The second-order valence-corrected chi connectivity index (χ2v) is 7.98. The number of benzene rings is 2. The molecule has 0 saturated carbocycles. The van der Waals surface area contributed by atoms with Crippen molar-refractivity contribution in [1.29, 1.82) is 0 Å². The number of para-hydroxylation sites is 1. The molecule has 8 heteroatoms. The van der Waals surface area contributed by atoms with E-state index in [9.17, 15) is 14.7 Å². The lowest BCUT2D eigenvalue weighted by atomic mass is 10.1. The molecule has 1 amide bonds. The molecule has 31 heavy (non-hydrogen) atoms. The Morgan fingerprint density at radius 1 is 1.16 bits per heavy atom. The van der Waals surface area contributed by atoms with Crippen LogP contribution in [-0.4, -0.2) is 25.1 Å². The molecule has 1 aliphatic heterocycles. The predicted octanol–water partition coefficient (Wildman–Crippen LogP) is 4.51. The molecule has 0 aliphatic carbocycles. The van der Waals surface area contributed by atoms with E-state index in [4.69, 9.17) is 0 Å². The third-order valence-corrected chi connectivity index (χ3v) is 5.68. The Morgan fingerprint density at radius 3 is 2.77 bits per heavy atom. The molecule has 5 rings (SSSR count). The van der Waals surface area contributed by atoms with E-state index >= 15 is 0 Å². The van der Waals surface area contributed by atoms with Crippen molar-refractivity contribution in [2.75, 3.05) is 0 Å². The number of carbonyl (C=O) groups excluding carboxylic acids is 1. The SMILES string of the molecule is CC(C)n1c(O)c(N=NC(=O)c2ccc3c(=O)n4c(nc3c2)CCC4)c2ccccc21. The van der Waals surface area contributed by atoms with Crippen molar-refractivity contribution in [3.05, 3.63) is 64.2 Å². The van der Waals surface area contributed by atoms with Gasteiger partial charge < -0.3 is 9.67 Å². The number of aromatic hydroxyl groups is 1. The van der Waals surface area contributed by atoms with Gasteiger partial charge in [0.1, 0.15) is 5.82 Å². The van der Waals surface area contributed by atoms with Crippen LogP contribution in [0.2, 0.25) is 0 Å². The van der Waals surface area contributed by atoms with Crippen LogP contribution in [0, 0.1) is 0 Å². The van der Waals surface area contributed by atoms with Crippen molar-refractivity contribution in [2.24, 2.45) is 10.2 Å². The number of rotatable bonds is 3. The summed E-state index contributed by atoms with van der Waals surface area (Å²) in [5.74, 6) is 0.150. The Balaban J connectivity index is 1.54. The van der Waals surface area contributed by atoms with Crippen LogP contribution in [0.3, 0.4) is 0 Å². The van der Waals surface area contributed by atoms with Gasteiger partial charge in [-0.2, -0.15) is 0 Å². The summed E-state index contributed by atoms with van der Waals surface area (Å²) < 4.78 is 3.44. The van der Waals surface area contributed by atoms with E-state index in [-0.39, 0.29) is 28.7 Å². The fourth-order valence-corrected chi connectivity index (χ4v) is 4.22. The highest BCUT2D eigenvalue weighted by molar-refractivity contribution is 5.99. The molecule has 0 unspecified atom stereocenters. The van der Waals surface area contributed by atoms with Crippen LogP contribution in [0.4, 0.5) is 5.69 Å². The molecule has 0 bridgehead atoms. The average molecular weight is 415 g/mol. The number of nitrogens with zero attached hydrogens (tertiary/aromatic N) is 5. The molecule has 0 fully saturated rings. The van der Waals surface area contributed by atoms with E-state index < -0.39 is 5.91 Å². The molecule has 2 aromatic carbocycles. The zero-order chi connectivity index (χ0) is 21.7. The van der Waals surface area contributed by atoms with E-state index in [0.29, 0.717) is 22.8 Å². The summed E-state index contributed by atoms with van der Waals surface area (Å²) in [5, 5.41) is 19.8. The highest BCUT2D eigenvalue weighted by Crippen LogP contribution is 2.40. The number of hydrogen-bond donors (Lipinski definition) is 1. The Bertz CT molecular complexity index is 1450. The van der Waals surface area contributed by atoms with Crippen molar-refractivity contribution in [1.82, 2.24) is 14.1 Å². The summed E-state index contributed by atoms with van der Waals surface area (Å²) >= 11 is 0. The van der Waals surface area contributed by atoms with E-state index in [0.717, 1.165) is 24.2 Å². The number of aryl methyl sites for hydroxylation is 1. The Morgan fingerprint density at radius 2 is 1.97 bits per heavy atom. The van der Waals surface area contributed by atoms with Gasteiger partial charge in [-0.25, -0.2) is 4.98 Å². The van der Waals surface area contributed by atoms with Crippen LogP contribution < -0.4 is 5.56 Å². The number of aromatic nitrogens is 3. The van der Waals surface area contributed by atoms with Gasteiger partial charge in [0.2, 0.25) is 5.88 Å². The standard InChI is InChI=1S/C23H21N5O3/c1-13(2)28-18-7-4-3-6-16(18)20(23(28)31)25-26-21(29)14-9-10-15-17(12-14)24-19-8-5-11-27(19)22(15)30/h3-4,6-7,9-10,12-13,31H,5,8,11H2,1-2H3. The van der Waals surface area contributed by atoms with E-state index in [1.165, 1.54) is 0 Å². The lowest BCUT2D eigenvalue weighted by molar-refractivity contribution is 0.0995. The molecule has 156 valence electrons. The Hall–Kier alpha value is -3.81. The smallest absolute Gasteiger partial charge is 0.295 e. The van der Waals surface area contributed by atoms with Gasteiger partial charge in [0.15, 0.2) is 5.69 Å². The van der Waals surface area contributed by atoms with Crippen LogP contribution in [0.1, 0.15) is 42.5 Å². The third kappa shape index (κ3) is 3.02. The summed E-state index contributed by atoms with van der Waals surface area (Å²) in [6.45, 7) is 4.60. The molecule has 0 radical (unpaired) electrons. The van der Waals surface area contributed by atoms with Crippen LogP contribution >= 0.6 is 0 Å². The van der Waals surface area contributed by atoms with Gasteiger partial charge in [0.05, 0.1) is 16.4 Å². The Kier molecular flexibility index (Phi) is 4.43. The zero-order valence-electron chi connectivity index (χ0n) is 17.2. The molecule has 4 aromatic rings. The molecule has 0 atom stereocenters. The lowest BCUT2D eigenvalue weighted by Crippen LogP contribution is -2.21. The average Bonchev–Trinajstić information content (AvgIpc) is 3.33. The molecule has 8 nitrogen and oxygen atoms in total. The minimum Gasteiger partial charge on any atom is -0.493 e. The maximum atomic E-state index is 12.7. The summed E-state index contributed by atoms with van der Waals surface area (Å²) in [6, 6.07) is 12.2. The lowest BCUT2D eigenvalue weighted by Gasteiger charge is -2.10. The zero-order valence-corrected chi connectivity index (χ0v) is 17.2. The van der Waals surface area contributed by atoms with Gasteiger partial charge in [-0.05, 0) is 44.5 Å². The molecule has 0 saturated heterocycles. The second-order valence-electron chi connectivity index (χ2n) is 7.98. The maximum Gasteiger partial charge on any atom is 0.295 e. The molecule has 1 N–H and O–H groups in total. The summed E-state index contributed by atoms with van der Waals surface area (Å²) in [5.41, 5.74) is 1.77.